The predicted octanol–water partition coefficient (Wildman–Crippen LogP) is 1.77. The second-order valence-electron chi connectivity index (χ2n) is 3.34. The van der Waals surface area contributed by atoms with Gasteiger partial charge in [0.2, 0.25) is 0 Å². The van der Waals surface area contributed by atoms with Crippen molar-refractivity contribution in [2.75, 3.05) is 14.2 Å². The molecule has 0 spiro atoms. The van der Waals surface area contributed by atoms with Crippen LogP contribution in [-0.4, -0.2) is 25.4 Å². The summed E-state index contributed by atoms with van der Waals surface area (Å²) in [6.45, 7) is 1.60. The third-order valence-electron chi connectivity index (χ3n) is 2.08. The van der Waals surface area contributed by atoms with Crippen LogP contribution in [0.25, 0.3) is 0 Å². The van der Waals surface area contributed by atoms with Gasteiger partial charge in [-0.15, -0.1) is 0 Å². The normalized spacial score (nSPS) is 12.3. The summed E-state index contributed by atoms with van der Waals surface area (Å²) in [7, 11) is 2.92. The summed E-state index contributed by atoms with van der Waals surface area (Å²) in [5.41, 5.74) is 0.369. The van der Waals surface area contributed by atoms with Gasteiger partial charge in [-0.1, -0.05) is 0 Å². The minimum absolute atomic E-state index is 0.221. The van der Waals surface area contributed by atoms with Gasteiger partial charge < -0.3 is 14.6 Å². The molecule has 3 nitrogen and oxygen atoms in total. The Kier molecular flexibility index (Phi) is 3.91. The Labute approximate surface area is 88.4 Å². The number of aliphatic hydroxyl groups excluding tert-OH is 1. The highest BCUT2D eigenvalue weighted by molar-refractivity contribution is 5.42. The average molecular weight is 214 g/mol. The zero-order chi connectivity index (χ0) is 11.4. The molecule has 0 fully saturated rings. The van der Waals surface area contributed by atoms with Gasteiger partial charge in [-0.3, -0.25) is 0 Å². The lowest BCUT2D eigenvalue weighted by molar-refractivity contribution is 0.192. The first kappa shape index (κ1) is 11.8. The Bertz CT molecular complexity index is 337. The van der Waals surface area contributed by atoms with Crippen LogP contribution in [0.5, 0.6) is 11.5 Å². The molecule has 84 valence electrons. The van der Waals surface area contributed by atoms with Crippen molar-refractivity contribution in [3.05, 3.63) is 23.5 Å². The molecule has 0 aliphatic rings. The van der Waals surface area contributed by atoms with E-state index < -0.39 is 11.9 Å². The highest BCUT2D eigenvalue weighted by Gasteiger charge is 2.14. The quantitative estimate of drug-likeness (QED) is 0.830. The third kappa shape index (κ3) is 2.83. The first-order valence-corrected chi connectivity index (χ1v) is 4.67. The second-order valence-corrected chi connectivity index (χ2v) is 3.34. The zero-order valence-electron chi connectivity index (χ0n) is 9.08. The van der Waals surface area contributed by atoms with Gasteiger partial charge in [-0.05, 0) is 6.92 Å². The fraction of sp³-hybridized carbons (Fsp3) is 0.455. The molecule has 4 heteroatoms. The van der Waals surface area contributed by atoms with E-state index in [1.165, 1.54) is 20.3 Å². The lowest BCUT2D eigenvalue weighted by atomic mass is 10.1. The zero-order valence-corrected chi connectivity index (χ0v) is 9.08. The molecule has 1 rings (SSSR count). The van der Waals surface area contributed by atoms with Crippen LogP contribution in [0.1, 0.15) is 12.5 Å². The Morgan fingerprint density at radius 1 is 1.33 bits per heavy atom. The second kappa shape index (κ2) is 4.98. The summed E-state index contributed by atoms with van der Waals surface area (Å²) < 4.78 is 23.5. The topological polar surface area (TPSA) is 38.7 Å². The molecule has 0 amide bonds. The van der Waals surface area contributed by atoms with E-state index in [9.17, 15) is 9.50 Å². The number of halogens is 1. The van der Waals surface area contributed by atoms with Crippen molar-refractivity contribution in [2.45, 2.75) is 19.4 Å². The summed E-state index contributed by atoms with van der Waals surface area (Å²) in [5.74, 6) is 0.374. The van der Waals surface area contributed by atoms with Crippen molar-refractivity contribution >= 4 is 0 Å². The third-order valence-corrected chi connectivity index (χ3v) is 2.08. The first-order valence-electron chi connectivity index (χ1n) is 4.67. The molecule has 1 aromatic carbocycles. The van der Waals surface area contributed by atoms with Crippen LogP contribution in [0.2, 0.25) is 0 Å². The maximum atomic E-state index is 13.6. The van der Waals surface area contributed by atoms with Crippen LogP contribution in [0.15, 0.2) is 12.1 Å². The average Bonchev–Trinajstić information content (AvgIpc) is 2.20. The van der Waals surface area contributed by atoms with Crippen molar-refractivity contribution in [3.8, 4) is 11.5 Å². The van der Waals surface area contributed by atoms with Gasteiger partial charge in [0.05, 0.1) is 20.3 Å². The fourth-order valence-corrected chi connectivity index (χ4v) is 1.38. The Hall–Kier alpha value is -1.29. The molecule has 0 saturated heterocycles. The van der Waals surface area contributed by atoms with Gasteiger partial charge in [-0.2, -0.15) is 0 Å². The number of methoxy groups -OCH3 is 2. The van der Waals surface area contributed by atoms with Crippen LogP contribution in [0.4, 0.5) is 4.39 Å². The van der Waals surface area contributed by atoms with Crippen molar-refractivity contribution in [2.24, 2.45) is 0 Å². The van der Waals surface area contributed by atoms with E-state index >= 15 is 0 Å². The van der Waals surface area contributed by atoms with Gasteiger partial charge in [0, 0.05) is 24.1 Å². The molecule has 0 aliphatic heterocycles. The van der Waals surface area contributed by atoms with Gasteiger partial charge in [-0.25, -0.2) is 4.39 Å². The summed E-state index contributed by atoms with van der Waals surface area (Å²) in [5, 5.41) is 9.22. The molecule has 1 N–H and O–H groups in total. The van der Waals surface area contributed by atoms with E-state index in [0.717, 1.165) is 0 Å². The molecule has 0 radical (unpaired) electrons. The van der Waals surface area contributed by atoms with E-state index in [2.05, 4.69) is 0 Å². The molecular formula is C11H15FO3. The number of aliphatic hydroxyl groups is 1. The Morgan fingerprint density at radius 3 is 2.47 bits per heavy atom. The fourth-order valence-electron chi connectivity index (χ4n) is 1.38. The van der Waals surface area contributed by atoms with E-state index in [1.54, 1.807) is 13.0 Å². The summed E-state index contributed by atoms with van der Waals surface area (Å²) in [6, 6.07) is 2.88. The maximum absolute atomic E-state index is 13.6. The van der Waals surface area contributed by atoms with Gasteiger partial charge >= 0.3 is 0 Å². The highest BCUT2D eigenvalue weighted by atomic mass is 19.1. The minimum Gasteiger partial charge on any atom is -0.497 e. The number of ether oxygens (including phenoxy) is 2. The lowest BCUT2D eigenvalue weighted by Gasteiger charge is -2.12. The van der Waals surface area contributed by atoms with Crippen LogP contribution < -0.4 is 9.47 Å². The SMILES string of the molecule is COc1cc(F)c(CC(C)O)c(OC)c1. The number of rotatable bonds is 4. The Morgan fingerprint density at radius 2 is 2.00 bits per heavy atom. The molecule has 0 bridgehead atoms. The van der Waals surface area contributed by atoms with Crippen molar-refractivity contribution in [1.82, 2.24) is 0 Å². The number of benzene rings is 1. The molecule has 1 unspecified atom stereocenters. The van der Waals surface area contributed by atoms with Gasteiger partial charge in [0.15, 0.2) is 0 Å². The first-order chi connectivity index (χ1) is 7.08. The largest absolute Gasteiger partial charge is 0.497 e. The van der Waals surface area contributed by atoms with Crippen LogP contribution in [0, 0.1) is 5.82 Å². The van der Waals surface area contributed by atoms with Crippen LogP contribution >= 0.6 is 0 Å². The highest BCUT2D eigenvalue weighted by Crippen LogP contribution is 2.28. The van der Waals surface area contributed by atoms with Gasteiger partial charge in [0.25, 0.3) is 0 Å². The molecule has 0 saturated carbocycles. The molecule has 1 atom stereocenters. The molecule has 0 aliphatic carbocycles. The van der Waals surface area contributed by atoms with E-state index in [0.29, 0.717) is 17.1 Å². The lowest BCUT2D eigenvalue weighted by Crippen LogP contribution is -2.08. The summed E-state index contributed by atoms with van der Waals surface area (Å²) in [4.78, 5) is 0. The molecule has 1 aromatic rings. The van der Waals surface area contributed by atoms with Crippen LogP contribution in [-0.2, 0) is 6.42 Å². The van der Waals surface area contributed by atoms with Crippen molar-refractivity contribution in [3.63, 3.8) is 0 Å². The number of hydrogen-bond acceptors (Lipinski definition) is 3. The van der Waals surface area contributed by atoms with Gasteiger partial charge in [0.1, 0.15) is 17.3 Å². The standard InChI is InChI=1S/C11H15FO3/c1-7(13)4-9-10(12)5-8(14-2)6-11(9)15-3/h5-7,13H,4H2,1-3H3. The molecule has 0 aromatic heterocycles. The van der Waals surface area contributed by atoms with E-state index in [-0.39, 0.29) is 6.42 Å². The van der Waals surface area contributed by atoms with Crippen LogP contribution in [0.3, 0.4) is 0 Å². The van der Waals surface area contributed by atoms with Crippen molar-refractivity contribution in [1.29, 1.82) is 0 Å². The summed E-state index contributed by atoms with van der Waals surface area (Å²) >= 11 is 0. The van der Waals surface area contributed by atoms with Crippen molar-refractivity contribution < 1.29 is 19.0 Å². The maximum Gasteiger partial charge on any atom is 0.133 e. The minimum atomic E-state index is -0.609. The Balaban J connectivity index is 3.12. The molecule has 0 heterocycles. The van der Waals surface area contributed by atoms with E-state index in [4.69, 9.17) is 9.47 Å². The smallest absolute Gasteiger partial charge is 0.133 e. The monoisotopic (exact) mass is 214 g/mol. The summed E-state index contributed by atoms with van der Waals surface area (Å²) in [6.07, 6.45) is -0.388. The molecular weight excluding hydrogens is 199 g/mol. The van der Waals surface area contributed by atoms with E-state index in [1.807, 2.05) is 0 Å². The predicted molar refractivity (Wildman–Crippen MR) is 54.9 cm³/mol. The number of hydrogen-bond donors (Lipinski definition) is 1. The molecule has 15 heavy (non-hydrogen) atoms.